The highest BCUT2D eigenvalue weighted by Gasteiger charge is 2.20. The van der Waals surface area contributed by atoms with Gasteiger partial charge in [-0.05, 0) is 62.9 Å². The Hall–Kier alpha value is -1.10. The number of likely N-dealkylation sites (tertiary alicyclic amines) is 1. The maximum Gasteiger partial charge on any atom is 0.122 e. The summed E-state index contributed by atoms with van der Waals surface area (Å²) in [6.45, 7) is 7.20. The highest BCUT2D eigenvalue weighted by molar-refractivity contribution is 5.35. The van der Waals surface area contributed by atoms with E-state index >= 15 is 0 Å². The lowest BCUT2D eigenvalue weighted by Gasteiger charge is -2.32. The molecular formula is C17H27NO3. The van der Waals surface area contributed by atoms with E-state index in [2.05, 4.69) is 11.0 Å². The molecule has 0 aliphatic carbocycles. The van der Waals surface area contributed by atoms with E-state index in [-0.39, 0.29) is 6.61 Å². The van der Waals surface area contributed by atoms with Crippen LogP contribution in [0, 0.1) is 19.8 Å². The standard InChI is InChI=1S/C17H27NO3/c1-13-3-4-14(2)17(9-13)21-12-16(20)10-18-7-5-15(11-19)6-8-18/h3-4,9,15-16,19-20H,5-8,10-12H2,1-2H3. The van der Waals surface area contributed by atoms with Gasteiger partial charge in [0.25, 0.3) is 0 Å². The number of aliphatic hydroxyl groups excluding tert-OH is 2. The summed E-state index contributed by atoms with van der Waals surface area (Å²) in [7, 11) is 0. The highest BCUT2D eigenvalue weighted by atomic mass is 16.5. The number of aliphatic hydroxyl groups is 2. The van der Waals surface area contributed by atoms with Crippen LogP contribution in [0.1, 0.15) is 24.0 Å². The minimum absolute atomic E-state index is 0.284. The number of β-amino-alcohol motifs (C(OH)–C–C–N with tert-alkyl or cyclic N) is 1. The van der Waals surface area contributed by atoms with Gasteiger partial charge < -0.3 is 19.8 Å². The molecule has 0 saturated carbocycles. The van der Waals surface area contributed by atoms with E-state index in [0.29, 0.717) is 19.1 Å². The Labute approximate surface area is 127 Å². The average Bonchev–Trinajstić information content (AvgIpc) is 2.49. The zero-order chi connectivity index (χ0) is 15.2. The van der Waals surface area contributed by atoms with Crippen molar-refractivity contribution in [2.45, 2.75) is 32.8 Å². The number of nitrogens with zero attached hydrogens (tertiary/aromatic N) is 1. The summed E-state index contributed by atoms with van der Waals surface area (Å²) in [6, 6.07) is 6.11. The van der Waals surface area contributed by atoms with Crippen molar-refractivity contribution >= 4 is 0 Å². The number of hydrogen-bond donors (Lipinski definition) is 2. The average molecular weight is 293 g/mol. The first-order chi connectivity index (χ1) is 10.1. The first-order valence-electron chi connectivity index (χ1n) is 7.80. The molecule has 4 nitrogen and oxygen atoms in total. The van der Waals surface area contributed by atoms with Crippen molar-refractivity contribution < 1.29 is 14.9 Å². The quantitative estimate of drug-likeness (QED) is 0.839. The van der Waals surface area contributed by atoms with Crippen molar-refractivity contribution in [3.8, 4) is 5.75 Å². The zero-order valence-corrected chi connectivity index (χ0v) is 13.1. The summed E-state index contributed by atoms with van der Waals surface area (Å²) in [5.41, 5.74) is 2.26. The van der Waals surface area contributed by atoms with Gasteiger partial charge in [-0.15, -0.1) is 0 Å². The molecule has 2 rings (SSSR count). The van der Waals surface area contributed by atoms with Crippen LogP contribution in [-0.2, 0) is 0 Å². The molecule has 0 spiro atoms. The normalized spacial score (nSPS) is 18.7. The highest BCUT2D eigenvalue weighted by Crippen LogP contribution is 2.20. The van der Waals surface area contributed by atoms with E-state index in [1.165, 1.54) is 0 Å². The van der Waals surface area contributed by atoms with E-state index in [1.807, 2.05) is 26.0 Å². The summed E-state index contributed by atoms with van der Waals surface area (Å²) in [5, 5.41) is 19.3. The van der Waals surface area contributed by atoms with Crippen molar-refractivity contribution in [1.29, 1.82) is 0 Å². The first-order valence-corrected chi connectivity index (χ1v) is 7.80. The van der Waals surface area contributed by atoms with Crippen molar-refractivity contribution in [2.75, 3.05) is 32.8 Å². The number of benzene rings is 1. The minimum Gasteiger partial charge on any atom is -0.491 e. The summed E-state index contributed by atoms with van der Waals surface area (Å²) in [5.74, 6) is 1.29. The third-order valence-corrected chi connectivity index (χ3v) is 4.21. The molecule has 1 aromatic carbocycles. The van der Waals surface area contributed by atoms with Gasteiger partial charge in [0.2, 0.25) is 0 Å². The molecule has 4 heteroatoms. The van der Waals surface area contributed by atoms with Gasteiger partial charge in [-0.25, -0.2) is 0 Å². The van der Waals surface area contributed by atoms with Gasteiger partial charge in [0.15, 0.2) is 0 Å². The second kappa shape index (κ2) is 7.78. The molecule has 0 bridgehead atoms. The first kappa shape index (κ1) is 16.3. The third kappa shape index (κ3) is 4.99. The Bertz CT molecular complexity index is 442. The minimum atomic E-state index is -0.476. The number of aryl methyl sites for hydroxylation is 2. The predicted octanol–water partition coefficient (Wildman–Crippen LogP) is 1.75. The Morgan fingerprint density at radius 3 is 2.67 bits per heavy atom. The Kier molecular flexibility index (Phi) is 6.03. The summed E-state index contributed by atoms with van der Waals surface area (Å²) in [4.78, 5) is 2.25. The van der Waals surface area contributed by atoms with Gasteiger partial charge in [0.1, 0.15) is 18.5 Å². The largest absolute Gasteiger partial charge is 0.491 e. The van der Waals surface area contributed by atoms with E-state index in [4.69, 9.17) is 9.84 Å². The maximum absolute atomic E-state index is 10.1. The molecule has 1 atom stereocenters. The molecule has 1 unspecified atom stereocenters. The summed E-state index contributed by atoms with van der Waals surface area (Å²) < 4.78 is 5.75. The van der Waals surface area contributed by atoms with Crippen LogP contribution < -0.4 is 4.74 Å². The SMILES string of the molecule is Cc1ccc(C)c(OCC(O)CN2CCC(CO)CC2)c1. The zero-order valence-electron chi connectivity index (χ0n) is 13.1. The van der Waals surface area contributed by atoms with Gasteiger partial charge >= 0.3 is 0 Å². The maximum atomic E-state index is 10.1. The fraction of sp³-hybridized carbons (Fsp3) is 0.647. The number of ether oxygens (including phenoxy) is 1. The van der Waals surface area contributed by atoms with Crippen molar-refractivity contribution in [3.63, 3.8) is 0 Å². The summed E-state index contributed by atoms with van der Waals surface area (Å²) >= 11 is 0. The number of rotatable bonds is 6. The van der Waals surface area contributed by atoms with E-state index in [0.717, 1.165) is 42.8 Å². The smallest absolute Gasteiger partial charge is 0.122 e. The van der Waals surface area contributed by atoms with Crippen LogP contribution >= 0.6 is 0 Å². The molecule has 1 aliphatic heterocycles. The monoisotopic (exact) mass is 293 g/mol. The van der Waals surface area contributed by atoms with E-state index in [1.54, 1.807) is 0 Å². The molecule has 2 N–H and O–H groups in total. The van der Waals surface area contributed by atoms with E-state index < -0.39 is 6.10 Å². The van der Waals surface area contributed by atoms with Crippen LogP contribution in [0.5, 0.6) is 5.75 Å². The molecular weight excluding hydrogens is 266 g/mol. The van der Waals surface area contributed by atoms with Crippen LogP contribution in [0.3, 0.4) is 0 Å². The second-order valence-corrected chi connectivity index (χ2v) is 6.16. The van der Waals surface area contributed by atoms with Gasteiger partial charge in [-0.3, -0.25) is 0 Å². The van der Waals surface area contributed by atoms with Gasteiger partial charge in [-0.2, -0.15) is 0 Å². The van der Waals surface area contributed by atoms with Crippen LogP contribution in [0.15, 0.2) is 18.2 Å². The topological polar surface area (TPSA) is 52.9 Å². The number of piperidine rings is 1. The van der Waals surface area contributed by atoms with Crippen molar-refractivity contribution in [2.24, 2.45) is 5.92 Å². The molecule has 1 aromatic rings. The molecule has 21 heavy (non-hydrogen) atoms. The van der Waals surface area contributed by atoms with Gasteiger partial charge in [-0.1, -0.05) is 12.1 Å². The Morgan fingerprint density at radius 2 is 2.00 bits per heavy atom. The van der Waals surface area contributed by atoms with Crippen molar-refractivity contribution in [3.05, 3.63) is 29.3 Å². The van der Waals surface area contributed by atoms with Crippen LogP contribution in [0.4, 0.5) is 0 Å². The number of hydrogen-bond acceptors (Lipinski definition) is 4. The molecule has 0 radical (unpaired) electrons. The third-order valence-electron chi connectivity index (χ3n) is 4.21. The molecule has 1 fully saturated rings. The summed E-state index contributed by atoms with van der Waals surface area (Å²) in [6.07, 6.45) is 1.55. The van der Waals surface area contributed by atoms with Crippen LogP contribution in [0.25, 0.3) is 0 Å². The second-order valence-electron chi connectivity index (χ2n) is 6.16. The van der Waals surface area contributed by atoms with E-state index in [9.17, 15) is 5.11 Å². The van der Waals surface area contributed by atoms with Crippen molar-refractivity contribution in [1.82, 2.24) is 4.90 Å². The molecule has 0 aromatic heterocycles. The Balaban J connectivity index is 1.75. The Morgan fingerprint density at radius 1 is 1.29 bits per heavy atom. The van der Waals surface area contributed by atoms with Crippen LogP contribution in [0.2, 0.25) is 0 Å². The molecule has 1 aliphatic rings. The van der Waals surface area contributed by atoms with Crippen LogP contribution in [-0.4, -0.2) is 54.1 Å². The fourth-order valence-corrected chi connectivity index (χ4v) is 2.75. The lowest BCUT2D eigenvalue weighted by molar-refractivity contribution is 0.0487. The lowest BCUT2D eigenvalue weighted by atomic mass is 9.98. The molecule has 118 valence electrons. The van der Waals surface area contributed by atoms with Gasteiger partial charge in [0, 0.05) is 13.2 Å². The lowest BCUT2D eigenvalue weighted by Crippen LogP contribution is -2.41. The van der Waals surface area contributed by atoms with Gasteiger partial charge in [0.05, 0.1) is 0 Å². The molecule has 1 heterocycles. The predicted molar refractivity (Wildman–Crippen MR) is 83.7 cm³/mol. The molecule has 1 saturated heterocycles. The fourth-order valence-electron chi connectivity index (χ4n) is 2.75. The molecule has 0 amide bonds.